The molecule has 1 rings (SSSR count). The molecule has 0 unspecified atom stereocenters. The second-order valence-corrected chi connectivity index (χ2v) is 3.12. The third kappa shape index (κ3) is 2.37. The first-order valence-electron chi connectivity index (χ1n) is 4.78. The first-order valence-corrected chi connectivity index (χ1v) is 4.78. The van der Waals surface area contributed by atoms with Crippen LogP contribution in [0.2, 0.25) is 0 Å². The fourth-order valence-electron chi connectivity index (χ4n) is 1.30. The summed E-state index contributed by atoms with van der Waals surface area (Å²) in [6.45, 7) is 2.02. The number of hydrogen-bond donors (Lipinski definition) is 0. The summed E-state index contributed by atoms with van der Waals surface area (Å²) in [6.07, 6.45) is 5.07. The molecule has 0 atom stereocenters. The Hall–Kier alpha value is -1.89. The summed E-state index contributed by atoms with van der Waals surface area (Å²) < 4.78 is 26.6. The first-order chi connectivity index (χ1) is 7.61. The van der Waals surface area contributed by atoms with Crippen molar-refractivity contribution in [2.45, 2.75) is 6.92 Å². The van der Waals surface area contributed by atoms with E-state index in [4.69, 9.17) is 6.42 Å². The Morgan fingerprint density at radius 3 is 2.44 bits per heavy atom. The molecule has 84 valence electrons. The molecule has 0 aromatic heterocycles. The van der Waals surface area contributed by atoms with E-state index in [2.05, 4.69) is 5.92 Å². The average molecular weight is 223 g/mol. The topological polar surface area (TPSA) is 20.3 Å². The van der Waals surface area contributed by atoms with Gasteiger partial charge in [0.15, 0.2) is 0 Å². The highest BCUT2D eigenvalue weighted by Crippen LogP contribution is 2.14. The number of rotatable bonds is 3. The molecule has 1 aromatic carbocycles. The molecule has 0 bridgehead atoms. The largest absolute Gasteiger partial charge is 0.328 e. The van der Waals surface area contributed by atoms with Crippen molar-refractivity contribution in [3.63, 3.8) is 0 Å². The van der Waals surface area contributed by atoms with E-state index in [1.807, 2.05) is 0 Å². The predicted molar refractivity (Wildman–Crippen MR) is 56.8 cm³/mol. The molecule has 0 aliphatic carbocycles. The molecule has 1 amide bonds. The zero-order valence-corrected chi connectivity index (χ0v) is 8.84. The number of halogens is 2. The minimum Gasteiger partial charge on any atom is -0.328 e. The van der Waals surface area contributed by atoms with Gasteiger partial charge < -0.3 is 4.90 Å². The molecule has 0 spiro atoms. The molecule has 0 N–H and O–H groups in total. The Kier molecular flexibility index (Phi) is 4.01. The Labute approximate surface area is 92.9 Å². The van der Waals surface area contributed by atoms with Crippen LogP contribution in [0.15, 0.2) is 18.2 Å². The van der Waals surface area contributed by atoms with Gasteiger partial charge in [-0.3, -0.25) is 4.79 Å². The van der Waals surface area contributed by atoms with Crippen LogP contribution in [0.1, 0.15) is 17.3 Å². The standard InChI is InChI=1S/C12H11F2NO/c1-3-8-15(4-2)12(16)11-9(13)6-5-7-10(11)14/h1,5-7H,4,8H2,2H3. The van der Waals surface area contributed by atoms with Crippen LogP contribution in [-0.4, -0.2) is 23.9 Å². The quantitative estimate of drug-likeness (QED) is 0.718. The Bertz CT molecular complexity index is 417. The van der Waals surface area contributed by atoms with Crippen LogP contribution in [0.5, 0.6) is 0 Å². The molecule has 0 radical (unpaired) electrons. The summed E-state index contributed by atoms with van der Waals surface area (Å²) in [6, 6.07) is 3.29. The zero-order valence-electron chi connectivity index (χ0n) is 8.84. The lowest BCUT2D eigenvalue weighted by Gasteiger charge is -2.18. The minimum absolute atomic E-state index is 0.0309. The Morgan fingerprint density at radius 2 is 2.00 bits per heavy atom. The molecule has 1 aromatic rings. The molecule has 0 aliphatic heterocycles. The van der Waals surface area contributed by atoms with Crippen molar-refractivity contribution >= 4 is 5.91 Å². The summed E-state index contributed by atoms with van der Waals surface area (Å²) in [5.41, 5.74) is -0.556. The van der Waals surface area contributed by atoms with E-state index in [9.17, 15) is 13.6 Å². The SMILES string of the molecule is C#CCN(CC)C(=O)c1c(F)cccc1F. The van der Waals surface area contributed by atoms with Gasteiger partial charge >= 0.3 is 0 Å². The molecular formula is C12H11F2NO. The number of nitrogens with zero attached hydrogens (tertiary/aromatic N) is 1. The van der Waals surface area contributed by atoms with Crippen molar-refractivity contribution in [1.82, 2.24) is 4.90 Å². The van der Waals surface area contributed by atoms with Crippen LogP contribution >= 0.6 is 0 Å². The molecule has 4 heteroatoms. The molecule has 0 aliphatic rings. The van der Waals surface area contributed by atoms with E-state index >= 15 is 0 Å². The second kappa shape index (κ2) is 5.26. The number of hydrogen-bond acceptors (Lipinski definition) is 1. The second-order valence-electron chi connectivity index (χ2n) is 3.12. The average Bonchev–Trinajstić information content (AvgIpc) is 2.25. The highest BCUT2D eigenvalue weighted by molar-refractivity contribution is 5.94. The van der Waals surface area contributed by atoms with Gasteiger partial charge in [0.1, 0.15) is 17.2 Å². The van der Waals surface area contributed by atoms with Gasteiger partial charge in [-0.25, -0.2) is 8.78 Å². The van der Waals surface area contributed by atoms with Gasteiger partial charge in [-0.05, 0) is 19.1 Å². The predicted octanol–water partition coefficient (Wildman–Crippen LogP) is 2.06. The van der Waals surface area contributed by atoms with Crippen molar-refractivity contribution in [2.24, 2.45) is 0 Å². The van der Waals surface area contributed by atoms with Gasteiger partial charge in [-0.1, -0.05) is 12.0 Å². The number of benzene rings is 1. The fourth-order valence-corrected chi connectivity index (χ4v) is 1.30. The summed E-state index contributed by atoms with van der Waals surface area (Å²) in [5, 5.41) is 0. The normalized spacial score (nSPS) is 9.62. The highest BCUT2D eigenvalue weighted by atomic mass is 19.1. The van der Waals surface area contributed by atoms with Gasteiger partial charge in [0.2, 0.25) is 0 Å². The maximum absolute atomic E-state index is 13.3. The molecule has 0 heterocycles. The lowest BCUT2D eigenvalue weighted by molar-refractivity contribution is 0.0775. The Balaban J connectivity index is 3.09. The van der Waals surface area contributed by atoms with Crippen LogP contribution in [0.4, 0.5) is 8.78 Å². The molecule has 0 fully saturated rings. The first kappa shape index (κ1) is 12.2. The zero-order chi connectivity index (χ0) is 12.1. The van der Waals surface area contributed by atoms with E-state index < -0.39 is 23.1 Å². The lowest BCUT2D eigenvalue weighted by atomic mass is 10.1. The maximum Gasteiger partial charge on any atom is 0.260 e. The minimum atomic E-state index is -0.875. The van der Waals surface area contributed by atoms with E-state index in [-0.39, 0.29) is 6.54 Å². The van der Waals surface area contributed by atoms with Crippen LogP contribution in [0.25, 0.3) is 0 Å². The lowest BCUT2D eigenvalue weighted by Crippen LogP contribution is -2.32. The summed E-state index contributed by atoms with van der Waals surface area (Å²) >= 11 is 0. The summed E-state index contributed by atoms with van der Waals surface area (Å²) in [4.78, 5) is 13.0. The van der Waals surface area contributed by atoms with Crippen molar-refractivity contribution in [1.29, 1.82) is 0 Å². The van der Waals surface area contributed by atoms with Crippen molar-refractivity contribution in [3.05, 3.63) is 35.4 Å². The van der Waals surface area contributed by atoms with Crippen LogP contribution in [0, 0.1) is 24.0 Å². The van der Waals surface area contributed by atoms with Gasteiger partial charge in [0.05, 0.1) is 6.54 Å². The van der Waals surface area contributed by atoms with Crippen molar-refractivity contribution < 1.29 is 13.6 Å². The molecule has 0 saturated heterocycles. The fraction of sp³-hybridized carbons (Fsp3) is 0.250. The van der Waals surface area contributed by atoms with Crippen LogP contribution in [-0.2, 0) is 0 Å². The van der Waals surface area contributed by atoms with E-state index in [1.54, 1.807) is 6.92 Å². The summed E-state index contributed by atoms with van der Waals surface area (Å²) in [7, 11) is 0. The Morgan fingerprint density at radius 1 is 1.44 bits per heavy atom. The monoisotopic (exact) mass is 223 g/mol. The van der Waals surface area contributed by atoms with Crippen molar-refractivity contribution in [3.8, 4) is 12.3 Å². The third-order valence-electron chi connectivity index (χ3n) is 2.13. The van der Waals surface area contributed by atoms with Crippen molar-refractivity contribution in [2.75, 3.05) is 13.1 Å². The van der Waals surface area contributed by atoms with E-state index in [1.165, 1.54) is 11.0 Å². The van der Waals surface area contributed by atoms with Gasteiger partial charge in [0.25, 0.3) is 5.91 Å². The highest BCUT2D eigenvalue weighted by Gasteiger charge is 2.21. The molecule has 0 saturated carbocycles. The van der Waals surface area contributed by atoms with E-state index in [0.717, 1.165) is 12.1 Å². The molecular weight excluding hydrogens is 212 g/mol. The van der Waals surface area contributed by atoms with E-state index in [0.29, 0.717) is 6.54 Å². The number of amides is 1. The molecule has 2 nitrogen and oxygen atoms in total. The van der Waals surface area contributed by atoms with Gasteiger partial charge in [0, 0.05) is 6.54 Å². The van der Waals surface area contributed by atoms with Gasteiger partial charge in [-0.2, -0.15) is 0 Å². The van der Waals surface area contributed by atoms with Crippen LogP contribution in [0.3, 0.4) is 0 Å². The van der Waals surface area contributed by atoms with Gasteiger partial charge in [-0.15, -0.1) is 6.42 Å². The summed E-state index contributed by atoms with van der Waals surface area (Å²) in [5.74, 6) is -0.207. The smallest absolute Gasteiger partial charge is 0.260 e. The third-order valence-corrected chi connectivity index (χ3v) is 2.13. The van der Waals surface area contributed by atoms with Crippen LogP contribution < -0.4 is 0 Å². The number of carbonyl (C=O) groups excluding carboxylic acids is 1. The maximum atomic E-state index is 13.3. The number of terminal acetylenes is 1. The number of carbonyl (C=O) groups is 1. The molecule has 16 heavy (non-hydrogen) atoms.